The first-order chi connectivity index (χ1) is 7.11. The van der Waals surface area contributed by atoms with Crippen molar-refractivity contribution < 1.29 is 4.42 Å². The van der Waals surface area contributed by atoms with Gasteiger partial charge in [-0.2, -0.15) is 0 Å². The van der Waals surface area contributed by atoms with Crippen LogP contribution in [0.5, 0.6) is 0 Å². The lowest BCUT2D eigenvalue weighted by Crippen LogP contribution is -2.12. The fourth-order valence-corrected chi connectivity index (χ4v) is 1.84. The first-order valence-corrected chi connectivity index (χ1v) is 5.73. The zero-order valence-electron chi connectivity index (χ0n) is 10.1. The van der Waals surface area contributed by atoms with E-state index in [1.165, 1.54) is 5.56 Å². The normalized spacial score (nSPS) is 10.7. The predicted octanol–water partition coefficient (Wildman–Crippen LogP) is 3.16. The molecule has 0 aliphatic rings. The van der Waals surface area contributed by atoms with E-state index >= 15 is 0 Å². The summed E-state index contributed by atoms with van der Waals surface area (Å²) in [5.41, 5.74) is 2.96. The van der Waals surface area contributed by atoms with Crippen molar-refractivity contribution >= 4 is 0 Å². The lowest BCUT2D eigenvalue weighted by molar-refractivity contribution is 0.442. The summed E-state index contributed by atoms with van der Waals surface area (Å²) in [6.45, 7) is 8.12. The van der Waals surface area contributed by atoms with Crippen LogP contribution in [0, 0.1) is 13.8 Å². The van der Waals surface area contributed by atoms with Gasteiger partial charge in [-0.3, -0.25) is 0 Å². The van der Waals surface area contributed by atoms with Crippen LogP contribution in [0.3, 0.4) is 0 Å². The van der Waals surface area contributed by atoms with Crippen LogP contribution in [0.25, 0.3) is 0 Å². The van der Waals surface area contributed by atoms with Gasteiger partial charge in [-0.1, -0.05) is 20.3 Å². The van der Waals surface area contributed by atoms with Gasteiger partial charge in [-0.15, -0.1) is 0 Å². The largest absolute Gasteiger partial charge is 0.427 e. The van der Waals surface area contributed by atoms with Gasteiger partial charge in [0, 0.05) is 12.0 Å². The highest BCUT2D eigenvalue weighted by molar-refractivity contribution is 5.33. The van der Waals surface area contributed by atoms with Gasteiger partial charge in [0.25, 0.3) is 0 Å². The van der Waals surface area contributed by atoms with Crippen molar-refractivity contribution in [2.75, 3.05) is 0 Å². The van der Waals surface area contributed by atoms with Gasteiger partial charge < -0.3 is 4.42 Å². The van der Waals surface area contributed by atoms with Crippen molar-refractivity contribution in [2.45, 2.75) is 53.4 Å². The molecule has 84 valence electrons. The third kappa shape index (κ3) is 2.49. The van der Waals surface area contributed by atoms with Gasteiger partial charge in [0.15, 0.2) is 0 Å². The molecule has 0 aromatic carbocycles. The van der Waals surface area contributed by atoms with Gasteiger partial charge in [0.2, 0.25) is 0 Å². The molecule has 0 N–H and O–H groups in total. The highest BCUT2D eigenvalue weighted by atomic mass is 16.4. The molecule has 2 heteroatoms. The topological polar surface area (TPSA) is 30.2 Å². The van der Waals surface area contributed by atoms with Crippen LogP contribution >= 0.6 is 0 Å². The fourth-order valence-electron chi connectivity index (χ4n) is 1.84. The number of rotatable bonds is 4. The summed E-state index contributed by atoms with van der Waals surface area (Å²) in [4.78, 5) is 11.5. The molecule has 0 atom stereocenters. The molecule has 0 radical (unpaired) electrons. The second-order valence-corrected chi connectivity index (χ2v) is 4.04. The van der Waals surface area contributed by atoms with Crippen LogP contribution in [0.4, 0.5) is 0 Å². The second kappa shape index (κ2) is 5.15. The molecule has 0 fully saturated rings. The molecule has 0 spiro atoms. The minimum atomic E-state index is -0.171. The molecular weight excluding hydrogens is 188 g/mol. The molecule has 0 amide bonds. The highest BCUT2D eigenvalue weighted by Crippen LogP contribution is 2.18. The van der Waals surface area contributed by atoms with Gasteiger partial charge in [-0.25, -0.2) is 4.79 Å². The van der Waals surface area contributed by atoms with Gasteiger partial charge >= 0.3 is 5.63 Å². The van der Waals surface area contributed by atoms with Crippen molar-refractivity contribution in [3.8, 4) is 0 Å². The van der Waals surface area contributed by atoms with E-state index in [1.807, 2.05) is 13.8 Å². The SMILES string of the molecule is CCCc1oc(=O)c(C)c(C)c1CCC. The van der Waals surface area contributed by atoms with Crippen LogP contribution in [-0.4, -0.2) is 0 Å². The van der Waals surface area contributed by atoms with E-state index in [2.05, 4.69) is 13.8 Å². The van der Waals surface area contributed by atoms with Crippen molar-refractivity contribution in [3.05, 3.63) is 32.9 Å². The minimum Gasteiger partial charge on any atom is -0.427 e. The van der Waals surface area contributed by atoms with E-state index in [0.29, 0.717) is 0 Å². The summed E-state index contributed by atoms with van der Waals surface area (Å²) in [5.74, 6) is 0.896. The Hall–Kier alpha value is -1.05. The van der Waals surface area contributed by atoms with Gasteiger partial charge in [0.05, 0.1) is 0 Å². The average Bonchev–Trinajstić information content (AvgIpc) is 2.21. The first kappa shape index (κ1) is 12.0. The third-order valence-corrected chi connectivity index (χ3v) is 2.85. The predicted molar refractivity (Wildman–Crippen MR) is 62.4 cm³/mol. The van der Waals surface area contributed by atoms with E-state index in [4.69, 9.17) is 4.42 Å². The standard InChI is InChI=1S/C13H20O2/c1-5-7-11-9(3)10(4)13(14)15-12(11)8-6-2/h5-8H2,1-4H3. The Morgan fingerprint density at radius 3 is 2.13 bits per heavy atom. The zero-order valence-corrected chi connectivity index (χ0v) is 10.1. The van der Waals surface area contributed by atoms with E-state index in [-0.39, 0.29) is 5.63 Å². The molecule has 2 nitrogen and oxygen atoms in total. The summed E-state index contributed by atoms with van der Waals surface area (Å²) in [7, 11) is 0. The van der Waals surface area contributed by atoms with Crippen LogP contribution < -0.4 is 5.63 Å². The Balaban J connectivity index is 3.29. The fraction of sp³-hybridized carbons (Fsp3) is 0.615. The Labute approximate surface area is 91.3 Å². The smallest absolute Gasteiger partial charge is 0.339 e. The van der Waals surface area contributed by atoms with Crippen molar-refractivity contribution in [3.63, 3.8) is 0 Å². The summed E-state index contributed by atoms with van der Waals surface area (Å²) in [6, 6.07) is 0. The Bertz CT molecular complexity index is 388. The maximum absolute atomic E-state index is 11.5. The number of hydrogen-bond donors (Lipinski definition) is 0. The van der Waals surface area contributed by atoms with E-state index in [0.717, 1.165) is 42.6 Å². The van der Waals surface area contributed by atoms with E-state index in [1.54, 1.807) is 0 Å². The molecule has 0 aliphatic heterocycles. The maximum Gasteiger partial charge on any atom is 0.339 e. The molecule has 1 aromatic heterocycles. The van der Waals surface area contributed by atoms with Crippen molar-refractivity contribution in [1.29, 1.82) is 0 Å². The molecule has 0 saturated carbocycles. The molecular formula is C13H20O2. The molecule has 15 heavy (non-hydrogen) atoms. The minimum absolute atomic E-state index is 0.171. The molecule has 0 unspecified atom stereocenters. The molecule has 0 bridgehead atoms. The third-order valence-electron chi connectivity index (χ3n) is 2.85. The maximum atomic E-state index is 11.5. The Morgan fingerprint density at radius 2 is 1.60 bits per heavy atom. The highest BCUT2D eigenvalue weighted by Gasteiger charge is 2.12. The first-order valence-electron chi connectivity index (χ1n) is 5.73. The monoisotopic (exact) mass is 208 g/mol. The summed E-state index contributed by atoms with van der Waals surface area (Å²) >= 11 is 0. The summed E-state index contributed by atoms with van der Waals surface area (Å²) < 4.78 is 5.36. The lowest BCUT2D eigenvalue weighted by atomic mass is 9.99. The molecule has 1 heterocycles. The summed E-state index contributed by atoms with van der Waals surface area (Å²) in [5, 5.41) is 0. The van der Waals surface area contributed by atoms with Gasteiger partial charge in [0.1, 0.15) is 5.76 Å². The molecule has 1 aromatic rings. The summed E-state index contributed by atoms with van der Waals surface area (Å²) in [6.07, 6.45) is 3.98. The molecule has 0 saturated heterocycles. The zero-order chi connectivity index (χ0) is 11.4. The number of hydrogen-bond acceptors (Lipinski definition) is 2. The van der Waals surface area contributed by atoms with Crippen molar-refractivity contribution in [1.82, 2.24) is 0 Å². The second-order valence-electron chi connectivity index (χ2n) is 4.04. The van der Waals surface area contributed by atoms with Crippen LogP contribution in [0.15, 0.2) is 9.21 Å². The Kier molecular flexibility index (Phi) is 4.13. The molecule has 1 rings (SSSR count). The quantitative estimate of drug-likeness (QED) is 0.760. The van der Waals surface area contributed by atoms with E-state index in [9.17, 15) is 4.79 Å². The molecule has 0 aliphatic carbocycles. The lowest BCUT2D eigenvalue weighted by Gasteiger charge is -2.11. The van der Waals surface area contributed by atoms with E-state index < -0.39 is 0 Å². The van der Waals surface area contributed by atoms with Gasteiger partial charge in [-0.05, 0) is 37.8 Å². The Morgan fingerprint density at radius 1 is 1.00 bits per heavy atom. The van der Waals surface area contributed by atoms with Crippen LogP contribution in [0.2, 0.25) is 0 Å². The van der Waals surface area contributed by atoms with Crippen LogP contribution in [0.1, 0.15) is 49.1 Å². The van der Waals surface area contributed by atoms with Crippen LogP contribution in [-0.2, 0) is 12.8 Å². The number of aryl methyl sites for hydroxylation is 1. The van der Waals surface area contributed by atoms with Crippen molar-refractivity contribution in [2.24, 2.45) is 0 Å². The average molecular weight is 208 g/mol.